The molecule has 0 spiro atoms. The molecular weight excluding hydrogens is 492 g/mol. The van der Waals surface area contributed by atoms with E-state index in [-0.39, 0.29) is 12.1 Å². The first-order valence-electron chi connectivity index (χ1n) is 11.6. The largest absolute Gasteiger partial charge is 0.503 e. The van der Waals surface area contributed by atoms with Gasteiger partial charge in [-0.3, -0.25) is 9.59 Å². The number of ether oxygens (including phenoxy) is 2. The van der Waals surface area contributed by atoms with Crippen molar-refractivity contribution < 1.29 is 29.0 Å². The minimum Gasteiger partial charge on any atom is -0.503 e. The average Bonchev–Trinajstić information content (AvgIpc) is 3.66. The molecule has 1 amide bonds. The van der Waals surface area contributed by atoms with Gasteiger partial charge in [-0.25, -0.2) is 4.79 Å². The summed E-state index contributed by atoms with van der Waals surface area (Å²) in [6.45, 7) is 0.248. The van der Waals surface area contributed by atoms with E-state index in [9.17, 15) is 19.5 Å². The second-order valence-corrected chi connectivity index (χ2v) is 9.51. The van der Waals surface area contributed by atoms with Gasteiger partial charge >= 0.3 is 5.97 Å². The number of rotatable bonds is 8. The summed E-state index contributed by atoms with van der Waals surface area (Å²) < 4.78 is 10.1. The minimum atomic E-state index is -0.812. The number of benzene rings is 2. The molecule has 2 aromatic carbocycles. The van der Waals surface area contributed by atoms with E-state index >= 15 is 0 Å². The van der Waals surface area contributed by atoms with Gasteiger partial charge in [0.25, 0.3) is 5.91 Å². The number of aliphatic hydroxyl groups is 1. The molecule has 1 atom stereocenters. The van der Waals surface area contributed by atoms with E-state index < -0.39 is 29.5 Å². The zero-order chi connectivity index (χ0) is 26.1. The number of ketones is 1. The molecule has 9 heteroatoms. The molecule has 0 unspecified atom stereocenters. The molecule has 2 N–H and O–H groups in total. The zero-order valence-electron chi connectivity index (χ0n) is 20.2. The quantitative estimate of drug-likeness (QED) is 0.256. The van der Waals surface area contributed by atoms with Crippen LogP contribution < -0.4 is 4.74 Å². The van der Waals surface area contributed by atoms with Crippen molar-refractivity contribution in [2.45, 2.75) is 12.5 Å². The van der Waals surface area contributed by atoms with Crippen molar-refractivity contribution in [2.75, 3.05) is 20.8 Å². The number of amides is 1. The van der Waals surface area contributed by atoms with E-state index in [1.54, 1.807) is 48.9 Å². The number of aliphatic hydroxyl groups excluding tert-OH is 1. The Morgan fingerprint density at radius 1 is 1.11 bits per heavy atom. The fourth-order valence-corrected chi connectivity index (χ4v) is 5.33. The molecule has 5 rings (SSSR count). The van der Waals surface area contributed by atoms with Crippen molar-refractivity contribution in [3.63, 3.8) is 0 Å². The number of carbonyl (C=O) groups excluding carboxylic acids is 3. The van der Waals surface area contributed by atoms with Crippen molar-refractivity contribution >= 4 is 39.9 Å². The predicted octanol–water partition coefficient (Wildman–Crippen LogP) is 4.85. The second kappa shape index (κ2) is 9.94. The normalized spacial score (nSPS) is 15.5. The van der Waals surface area contributed by atoms with Gasteiger partial charge in [0.15, 0.2) is 5.76 Å². The molecule has 37 heavy (non-hydrogen) atoms. The van der Waals surface area contributed by atoms with Crippen LogP contribution in [0.15, 0.2) is 77.5 Å². The lowest BCUT2D eigenvalue weighted by molar-refractivity contribution is -0.129. The second-order valence-electron chi connectivity index (χ2n) is 8.56. The Labute approximate surface area is 216 Å². The lowest BCUT2D eigenvalue weighted by atomic mass is 9.94. The molecule has 0 aliphatic carbocycles. The van der Waals surface area contributed by atoms with Crippen LogP contribution in [0.3, 0.4) is 0 Å². The van der Waals surface area contributed by atoms with Crippen LogP contribution in [0.25, 0.3) is 10.9 Å². The number of thiophene rings is 1. The van der Waals surface area contributed by atoms with Gasteiger partial charge in [0.1, 0.15) is 5.75 Å². The van der Waals surface area contributed by atoms with Crippen LogP contribution in [0.1, 0.15) is 37.2 Å². The number of nitrogens with one attached hydrogen (secondary N) is 1. The standard InChI is InChI=1S/C28H24N2O6S/c1-35-19-9-10-21-20(14-19)18(15-29-21)11-12-30-24(16-5-7-17(8-6-16)28(34)36-2)23(26(32)27(30)33)25(31)22-4-3-13-37-22/h3-10,13-15,24,29,32H,11-12H2,1-2H3/t24-/m1/s1. The highest BCUT2D eigenvalue weighted by atomic mass is 32.1. The summed E-state index contributed by atoms with van der Waals surface area (Å²) in [6.07, 6.45) is 2.36. The van der Waals surface area contributed by atoms with Crippen molar-refractivity contribution in [2.24, 2.45) is 0 Å². The Hall–Kier alpha value is -4.37. The van der Waals surface area contributed by atoms with Gasteiger partial charge in [0.05, 0.1) is 36.3 Å². The molecule has 4 aromatic rings. The van der Waals surface area contributed by atoms with Gasteiger partial charge in [0, 0.05) is 23.6 Å². The van der Waals surface area contributed by atoms with Crippen molar-refractivity contribution in [1.82, 2.24) is 9.88 Å². The van der Waals surface area contributed by atoms with Crippen LogP contribution in [-0.4, -0.2) is 53.4 Å². The van der Waals surface area contributed by atoms with Gasteiger partial charge in [-0.2, -0.15) is 0 Å². The summed E-state index contributed by atoms with van der Waals surface area (Å²) in [4.78, 5) is 43.8. The van der Waals surface area contributed by atoms with E-state index in [0.717, 1.165) is 22.2 Å². The third-order valence-electron chi connectivity index (χ3n) is 6.54. The lowest BCUT2D eigenvalue weighted by Crippen LogP contribution is -2.33. The Morgan fingerprint density at radius 2 is 1.89 bits per heavy atom. The highest BCUT2D eigenvalue weighted by Gasteiger charge is 2.43. The maximum atomic E-state index is 13.4. The van der Waals surface area contributed by atoms with Crippen LogP contribution in [0, 0.1) is 0 Å². The first-order chi connectivity index (χ1) is 17.9. The SMILES string of the molecule is COC(=O)c1ccc([C@@H]2C(C(=O)c3cccs3)=C(O)C(=O)N2CCc2c[nH]c3ccc(OC)cc23)cc1. The number of fused-ring (bicyclic) bond motifs is 1. The van der Waals surface area contributed by atoms with E-state index in [1.807, 2.05) is 24.4 Å². The molecule has 0 radical (unpaired) electrons. The summed E-state index contributed by atoms with van der Waals surface area (Å²) >= 11 is 1.24. The number of H-pyrrole nitrogens is 1. The molecule has 188 valence electrons. The highest BCUT2D eigenvalue weighted by molar-refractivity contribution is 7.12. The third-order valence-corrected chi connectivity index (χ3v) is 7.41. The number of hydrogen-bond donors (Lipinski definition) is 2. The van der Waals surface area contributed by atoms with E-state index in [4.69, 9.17) is 9.47 Å². The molecule has 8 nitrogen and oxygen atoms in total. The Morgan fingerprint density at radius 3 is 2.57 bits per heavy atom. The Balaban J connectivity index is 1.51. The molecule has 0 saturated heterocycles. The number of aromatic nitrogens is 1. The molecule has 2 aromatic heterocycles. The first kappa shape index (κ1) is 24.3. The lowest BCUT2D eigenvalue weighted by Gasteiger charge is -2.27. The van der Waals surface area contributed by atoms with Crippen LogP contribution in [0.5, 0.6) is 5.75 Å². The molecule has 0 saturated carbocycles. The summed E-state index contributed by atoms with van der Waals surface area (Å²) in [5.41, 5.74) is 2.88. The van der Waals surface area contributed by atoms with Gasteiger partial charge in [-0.05, 0) is 59.3 Å². The zero-order valence-corrected chi connectivity index (χ0v) is 21.0. The summed E-state index contributed by atoms with van der Waals surface area (Å²) in [5.74, 6) is -1.34. The fourth-order valence-electron chi connectivity index (χ4n) is 4.65. The summed E-state index contributed by atoms with van der Waals surface area (Å²) in [7, 11) is 2.90. The van der Waals surface area contributed by atoms with Crippen molar-refractivity contribution in [3.05, 3.63) is 99.1 Å². The van der Waals surface area contributed by atoms with Crippen molar-refractivity contribution in [3.8, 4) is 5.75 Å². The molecule has 3 heterocycles. The summed E-state index contributed by atoms with van der Waals surface area (Å²) in [5, 5.41) is 13.6. The topological polar surface area (TPSA) is 109 Å². The van der Waals surface area contributed by atoms with Gasteiger partial charge in [-0.15, -0.1) is 11.3 Å². The maximum absolute atomic E-state index is 13.4. The first-order valence-corrected chi connectivity index (χ1v) is 12.5. The highest BCUT2D eigenvalue weighted by Crippen LogP contribution is 2.40. The van der Waals surface area contributed by atoms with Gasteiger partial charge in [0.2, 0.25) is 5.78 Å². The average molecular weight is 517 g/mol. The number of Topliss-reactive ketones (excluding diaryl/α,β-unsaturated/α-hetero) is 1. The number of methoxy groups -OCH3 is 2. The van der Waals surface area contributed by atoms with Gasteiger partial charge in [-0.1, -0.05) is 18.2 Å². The van der Waals surface area contributed by atoms with E-state index in [0.29, 0.717) is 22.4 Å². The number of esters is 1. The summed E-state index contributed by atoms with van der Waals surface area (Å²) in [6, 6.07) is 14.8. The van der Waals surface area contributed by atoms with Crippen LogP contribution in [0.2, 0.25) is 0 Å². The smallest absolute Gasteiger partial charge is 0.337 e. The predicted molar refractivity (Wildman–Crippen MR) is 139 cm³/mol. The van der Waals surface area contributed by atoms with Gasteiger partial charge < -0.3 is 24.5 Å². The Bertz CT molecular complexity index is 1520. The third kappa shape index (κ3) is 4.38. The Kier molecular flexibility index (Phi) is 6.54. The molecular formula is C28H24N2O6S. The van der Waals surface area contributed by atoms with Crippen LogP contribution in [-0.2, 0) is 16.0 Å². The number of hydrogen-bond acceptors (Lipinski definition) is 7. The monoisotopic (exact) mass is 516 g/mol. The minimum absolute atomic E-state index is 0.0267. The van der Waals surface area contributed by atoms with Crippen LogP contribution in [0.4, 0.5) is 0 Å². The fraction of sp³-hybridized carbons (Fsp3) is 0.179. The number of aromatic amines is 1. The van der Waals surface area contributed by atoms with E-state index in [1.165, 1.54) is 23.3 Å². The number of carbonyl (C=O) groups is 3. The van der Waals surface area contributed by atoms with Crippen LogP contribution >= 0.6 is 11.3 Å². The molecule has 1 aliphatic heterocycles. The molecule has 1 aliphatic rings. The molecule has 0 bridgehead atoms. The maximum Gasteiger partial charge on any atom is 0.337 e. The molecule has 0 fully saturated rings. The number of nitrogens with zero attached hydrogens (tertiary/aromatic N) is 1. The van der Waals surface area contributed by atoms with E-state index in [2.05, 4.69) is 4.98 Å². The van der Waals surface area contributed by atoms with Crippen molar-refractivity contribution in [1.29, 1.82) is 0 Å².